The summed E-state index contributed by atoms with van der Waals surface area (Å²) in [7, 11) is 0. The van der Waals surface area contributed by atoms with Gasteiger partial charge in [0.1, 0.15) is 5.82 Å². The summed E-state index contributed by atoms with van der Waals surface area (Å²) in [6.07, 6.45) is 0.239. The summed E-state index contributed by atoms with van der Waals surface area (Å²) < 4.78 is 1.71. The van der Waals surface area contributed by atoms with E-state index in [0.717, 1.165) is 45.2 Å². The molecule has 0 radical (unpaired) electrons. The Morgan fingerprint density at radius 1 is 1.07 bits per heavy atom. The summed E-state index contributed by atoms with van der Waals surface area (Å²) in [5, 5.41) is 7.49. The second-order valence-corrected chi connectivity index (χ2v) is 7.17. The second kappa shape index (κ2) is 7.46. The van der Waals surface area contributed by atoms with Gasteiger partial charge in [0.05, 0.1) is 29.7 Å². The van der Waals surface area contributed by atoms with Gasteiger partial charge in [-0.15, -0.1) is 0 Å². The number of hydrogen-bond donors (Lipinski definition) is 2. The lowest BCUT2D eigenvalue weighted by atomic mass is 10.1. The summed E-state index contributed by atoms with van der Waals surface area (Å²) in [6.45, 7) is 8.03. The van der Waals surface area contributed by atoms with Crippen molar-refractivity contribution in [2.75, 3.05) is 0 Å². The zero-order chi connectivity index (χ0) is 20.5. The molecule has 8 heteroatoms. The van der Waals surface area contributed by atoms with E-state index in [9.17, 15) is 4.79 Å². The van der Waals surface area contributed by atoms with E-state index in [1.807, 2.05) is 58.0 Å². The third kappa shape index (κ3) is 3.87. The highest BCUT2D eigenvalue weighted by molar-refractivity contribution is 5.79. The molecule has 8 nitrogen and oxygen atoms in total. The van der Waals surface area contributed by atoms with Crippen molar-refractivity contribution < 1.29 is 4.79 Å². The number of imidazole rings is 1. The third-order valence-corrected chi connectivity index (χ3v) is 4.83. The first-order chi connectivity index (χ1) is 13.9. The number of rotatable bonds is 5. The van der Waals surface area contributed by atoms with Crippen molar-refractivity contribution in [1.82, 2.24) is 35.0 Å². The van der Waals surface area contributed by atoms with Crippen molar-refractivity contribution in [2.24, 2.45) is 0 Å². The molecule has 4 aromatic rings. The molecule has 0 bridgehead atoms. The monoisotopic (exact) mass is 389 g/mol. The van der Waals surface area contributed by atoms with Crippen LogP contribution in [0, 0.1) is 27.7 Å². The number of hydrogen-bond acceptors (Lipinski definition) is 5. The van der Waals surface area contributed by atoms with Gasteiger partial charge >= 0.3 is 0 Å². The number of aromatic nitrogens is 6. The molecule has 0 atom stereocenters. The van der Waals surface area contributed by atoms with Crippen molar-refractivity contribution >= 4 is 16.9 Å². The minimum atomic E-state index is -0.0856. The van der Waals surface area contributed by atoms with Crippen LogP contribution in [0.5, 0.6) is 0 Å². The topological polar surface area (TPSA) is 101 Å². The van der Waals surface area contributed by atoms with E-state index in [2.05, 4.69) is 30.4 Å². The van der Waals surface area contributed by atoms with Crippen LogP contribution in [0.15, 0.2) is 30.3 Å². The number of H-pyrrole nitrogens is 1. The number of benzene rings is 1. The molecule has 0 aliphatic heterocycles. The first kappa shape index (κ1) is 18.8. The van der Waals surface area contributed by atoms with Crippen LogP contribution >= 0.6 is 0 Å². The molecule has 1 aromatic carbocycles. The van der Waals surface area contributed by atoms with Crippen molar-refractivity contribution in [2.45, 2.75) is 40.7 Å². The molecule has 0 aliphatic rings. The smallest absolute Gasteiger partial charge is 0.251 e. The Kier molecular flexibility index (Phi) is 4.84. The molecule has 0 saturated carbocycles. The number of nitrogens with one attached hydrogen (secondary N) is 2. The number of fused-ring (bicyclic) bond motifs is 1. The quantitative estimate of drug-likeness (QED) is 0.546. The van der Waals surface area contributed by atoms with Crippen LogP contribution in [0.2, 0.25) is 0 Å². The lowest BCUT2D eigenvalue weighted by Gasteiger charge is -2.06. The van der Waals surface area contributed by atoms with Crippen LogP contribution in [-0.2, 0) is 17.8 Å². The largest absolute Gasteiger partial charge is 0.349 e. The lowest BCUT2D eigenvalue weighted by Crippen LogP contribution is -2.25. The number of para-hydroxylation sites is 2. The predicted octanol–water partition coefficient (Wildman–Crippen LogP) is 2.63. The molecule has 3 aromatic heterocycles. The number of nitrogens with zero attached hydrogens (tertiary/aromatic N) is 5. The minimum Gasteiger partial charge on any atom is -0.349 e. The number of carbonyl (C=O) groups is 1. The number of carbonyl (C=O) groups excluding carboxylic acids is 1. The maximum absolute atomic E-state index is 12.5. The highest BCUT2D eigenvalue weighted by Crippen LogP contribution is 2.17. The first-order valence-corrected chi connectivity index (χ1v) is 9.49. The summed E-state index contributed by atoms with van der Waals surface area (Å²) >= 11 is 0. The molecule has 0 unspecified atom stereocenters. The van der Waals surface area contributed by atoms with Crippen molar-refractivity contribution in [3.05, 3.63) is 64.5 Å². The minimum absolute atomic E-state index is 0.0856. The zero-order valence-electron chi connectivity index (χ0n) is 16.9. The Morgan fingerprint density at radius 3 is 2.52 bits per heavy atom. The number of aryl methyl sites for hydroxylation is 3. The second-order valence-electron chi connectivity index (χ2n) is 7.17. The van der Waals surface area contributed by atoms with Crippen LogP contribution in [-0.4, -0.2) is 35.6 Å². The summed E-state index contributed by atoms with van der Waals surface area (Å²) in [5.41, 5.74) is 6.15. The fraction of sp³-hybridized carbons (Fsp3) is 0.286. The maximum atomic E-state index is 12.5. The molecular weight excluding hydrogens is 366 g/mol. The molecule has 29 heavy (non-hydrogen) atoms. The zero-order valence-corrected chi connectivity index (χ0v) is 16.9. The predicted molar refractivity (Wildman–Crippen MR) is 110 cm³/mol. The molecule has 3 heterocycles. The molecular formula is C21H23N7O. The Morgan fingerprint density at radius 2 is 1.79 bits per heavy atom. The SMILES string of the molecule is Cc1cc(C)nc(-n2nc(C)c(CC(=O)NCc3nc4ccccc4[nH]3)c2C)n1. The first-order valence-electron chi connectivity index (χ1n) is 9.49. The van der Waals surface area contributed by atoms with Crippen LogP contribution < -0.4 is 5.32 Å². The molecule has 1 amide bonds. The average Bonchev–Trinajstić information content (AvgIpc) is 3.21. The van der Waals surface area contributed by atoms with E-state index in [1.165, 1.54) is 0 Å². The van der Waals surface area contributed by atoms with Gasteiger partial charge < -0.3 is 10.3 Å². The van der Waals surface area contributed by atoms with Gasteiger partial charge in [-0.25, -0.2) is 19.6 Å². The average molecular weight is 389 g/mol. The Bertz CT molecular complexity index is 1150. The van der Waals surface area contributed by atoms with Gasteiger partial charge in [-0.05, 0) is 45.9 Å². The summed E-state index contributed by atoms with van der Waals surface area (Å²) in [5.74, 6) is 1.17. The molecule has 0 aliphatic carbocycles. The Hall–Kier alpha value is -3.55. The van der Waals surface area contributed by atoms with E-state index >= 15 is 0 Å². The van der Waals surface area contributed by atoms with Gasteiger partial charge in [-0.2, -0.15) is 5.10 Å². The number of amides is 1. The van der Waals surface area contributed by atoms with Gasteiger partial charge in [0, 0.05) is 22.6 Å². The highest BCUT2D eigenvalue weighted by Gasteiger charge is 2.18. The lowest BCUT2D eigenvalue weighted by molar-refractivity contribution is -0.120. The fourth-order valence-electron chi connectivity index (χ4n) is 3.42. The molecule has 148 valence electrons. The highest BCUT2D eigenvalue weighted by atomic mass is 16.1. The van der Waals surface area contributed by atoms with Gasteiger partial charge in [-0.1, -0.05) is 12.1 Å². The van der Waals surface area contributed by atoms with Crippen molar-refractivity contribution in [3.63, 3.8) is 0 Å². The molecule has 0 fully saturated rings. The van der Waals surface area contributed by atoms with E-state index in [4.69, 9.17) is 0 Å². The third-order valence-electron chi connectivity index (χ3n) is 4.83. The fourth-order valence-corrected chi connectivity index (χ4v) is 3.42. The van der Waals surface area contributed by atoms with Crippen molar-refractivity contribution in [1.29, 1.82) is 0 Å². The van der Waals surface area contributed by atoms with E-state index in [-0.39, 0.29) is 12.3 Å². The van der Waals surface area contributed by atoms with E-state index in [1.54, 1.807) is 4.68 Å². The Balaban J connectivity index is 1.48. The number of aromatic amines is 1. The molecule has 0 saturated heterocycles. The normalized spacial score (nSPS) is 11.2. The molecule has 0 spiro atoms. The van der Waals surface area contributed by atoms with Gasteiger partial charge in [0.25, 0.3) is 5.95 Å². The molecule has 2 N–H and O–H groups in total. The van der Waals surface area contributed by atoms with Gasteiger partial charge in [0.2, 0.25) is 5.91 Å². The Labute approximate surface area is 168 Å². The van der Waals surface area contributed by atoms with Crippen molar-refractivity contribution in [3.8, 4) is 5.95 Å². The van der Waals surface area contributed by atoms with Crippen LogP contribution in [0.25, 0.3) is 17.0 Å². The molecule has 4 rings (SSSR count). The van der Waals surface area contributed by atoms with Crippen LogP contribution in [0.3, 0.4) is 0 Å². The summed E-state index contributed by atoms with van der Waals surface area (Å²) in [6, 6.07) is 9.71. The van der Waals surface area contributed by atoms with Gasteiger partial charge in [-0.3, -0.25) is 4.79 Å². The summed E-state index contributed by atoms with van der Waals surface area (Å²) in [4.78, 5) is 29.2. The van der Waals surface area contributed by atoms with Crippen LogP contribution in [0.4, 0.5) is 0 Å². The standard InChI is InChI=1S/C21H23N7O/c1-12-9-13(2)24-21(23-12)28-15(4)16(14(3)27-28)10-20(29)22-11-19-25-17-7-5-6-8-18(17)26-19/h5-9H,10-11H2,1-4H3,(H,22,29)(H,25,26). The maximum Gasteiger partial charge on any atom is 0.251 e. The van der Waals surface area contributed by atoms with Crippen LogP contribution in [0.1, 0.15) is 34.2 Å². The van der Waals surface area contributed by atoms with E-state index < -0.39 is 0 Å². The van der Waals surface area contributed by atoms with Gasteiger partial charge in [0.15, 0.2) is 0 Å². The van der Waals surface area contributed by atoms with E-state index in [0.29, 0.717) is 12.5 Å².